The second-order valence-electron chi connectivity index (χ2n) is 6.03. The van der Waals surface area contributed by atoms with E-state index in [9.17, 15) is 23.9 Å². The van der Waals surface area contributed by atoms with Crippen molar-refractivity contribution in [3.8, 4) is 0 Å². The lowest BCUT2D eigenvalue weighted by Crippen LogP contribution is -2.26. The molecule has 0 aromatic carbocycles. The number of aliphatic hydroxyl groups is 1. The lowest BCUT2D eigenvalue weighted by molar-refractivity contribution is -0.0485. The van der Waals surface area contributed by atoms with Crippen LogP contribution in [0.2, 0.25) is 0 Å². The van der Waals surface area contributed by atoms with Crippen LogP contribution in [-0.4, -0.2) is 58.1 Å². The third-order valence-corrected chi connectivity index (χ3v) is 6.22. The van der Waals surface area contributed by atoms with Crippen molar-refractivity contribution in [2.24, 2.45) is 5.92 Å². The smallest absolute Gasteiger partial charge is 0.388 e. The highest BCUT2D eigenvalue weighted by Crippen LogP contribution is 2.57. The number of rotatable bonds is 6. The summed E-state index contributed by atoms with van der Waals surface area (Å²) in [6, 6.07) is 0. The van der Waals surface area contributed by atoms with E-state index in [0.29, 0.717) is 0 Å². The van der Waals surface area contributed by atoms with Crippen LogP contribution in [-0.2, 0) is 22.7 Å². The van der Waals surface area contributed by atoms with Crippen molar-refractivity contribution in [1.29, 1.82) is 0 Å². The van der Waals surface area contributed by atoms with Gasteiger partial charge in [0.05, 0.1) is 19.0 Å². The maximum atomic E-state index is 11.9. The molecular formula is C11H17N5O10P2. The molecule has 0 saturated carbocycles. The predicted molar refractivity (Wildman–Crippen MR) is 90.5 cm³/mol. The number of hydrogen-bond acceptors (Lipinski definition) is 10. The predicted octanol–water partition coefficient (Wildman–Crippen LogP) is -1.18. The largest absolute Gasteiger partial charge is 0.481 e. The average molecular weight is 441 g/mol. The summed E-state index contributed by atoms with van der Waals surface area (Å²) in [5.41, 5.74) is 4.95. The maximum Gasteiger partial charge on any atom is 0.481 e. The van der Waals surface area contributed by atoms with E-state index in [1.54, 1.807) is 6.92 Å². The number of phosphoric acid groups is 2. The van der Waals surface area contributed by atoms with Gasteiger partial charge in [-0.1, -0.05) is 6.92 Å². The summed E-state index contributed by atoms with van der Waals surface area (Å²) < 4.78 is 37.4. The van der Waals surface area contributed by atoms with Gasteiger partial charge in [-0.15, -0.1) is 0 Å². The van der Waals surface area contributed by atoms with E-state index in [4.69, 9.17) is 20.3 Å². The number of ether oxygens (including phenoxy) is 1. The fourth-order valence-electron chi connectivity index (χ4n) is 2.74. The van der Waals surface area contributed by atoms with E-state index in [1.165, 1.54) is 10.9 Å². The minimum atomic E-state index is -5.26. The second-order valence-corrected chi connectivity index (χ2v) is 8.86. The Kier molecular flexibility index (Phi) is 5.49. The first-order valence-electron chi connectivity index (χ1n) is 7.68. The third kappa shape index (κ3) is 4.33. The molecule has 5 atom stereocenters. The molecule has 15 nitrogen and oxygen atoms in total. The Labute approximate surface area is 155 Å². The summed E-state index contributed by atoms with van der Waals surface area (Å²) in [4.78, 5) is 48.5. The number of nitrogens with zero attached hydrogens (tertiary/aromatic N) is 3. The number of nitrogens with one attached hydrogen (secondary N) is 1. The Hall–Kier alpha value is -1.67. The molecule has 7 N–H and O–H groups in total. The number of aromatic amines is 1. The van der Waals surface area contributed by atoms with Gasteiger partial charge in [0.15, 0.2) is 17.4 Å². The van der Waals surface area contributed by atoms with Gasteiger partial charge in [-0.05, 0) is 0 Å². The van der Waals surface area contributed by atoms with Crippen molar-refractivity contribution in [3.63, 3.8) is 0 Å². The summed E-state index contributed by atoms with van der Waals surface area (Å²) in [5, 5.41) is 10.5. The van der Waals surface area contributed by atoms with Gasteiger partial charge in [-0.3, -0.25) is 18.9 Å². The van der Waals surface area contributed by atoms with Crippen molar-refractivity contribution in [2.75, 3.05) is 12.3 Å². The normalized spacial score (nSPS) is 27.9. The average Bonchev–Trinajstić information content (AvgIpc) is 3.06. The maximum absolute atomic E-state index is 11.9. The molecule has 0 spiro atoms. The molecular weight excluding hydrogens is 424 g/mol. The van der Waals surface area contributed by atoms with Gasteiger partial charge in [-0.25, -0.2) is 14.1 Å². The topological polar surface area (TPSA) is 232 Å². The van der Waals surface area contributed by atoms with Crippen molar-refractivity contribution >= 4 is 32.8 Å². The molecule has 0 amide bonds. The molecule has 3 heterocycles. The van der Waals surface area contributed by atoms with E-state index in [1.807, 2.05) is 0 Å². The summed E-state index contributed by atoms with van der Waals surface area (Å²) in [6.45, 7) is 0.934. The number of fused-ring (bicyclic) bond motifs is 1. The number of anilines is 1. The highest BCUT2D eigenvalue weighted by atomic mass is 31.3. The number of H-pyrrole nitrogens is 1. The number of phosphoric ester groups is 1. The Bertz CT molecular complexity index is 1030. The number of nitrogens with two attached hydrogens (primary N) is 1. The van der Waals surface area contributed by atoms with E-state index in [-0.39, 0.29) is 17.1 Å². The third-order valence-electron chi connectivity index (χ3n) is 4.07. The molecule has 1 aliphatic heterocycles. The fraction of sp³-hybridized carbons (Fsp3) is 0.545. The quantitative estimate of drug-likeness (QED) is 0.290. The molecule has 3 rings (SSSR count). The standard InChI is InChI=1S/C11H17N5O10P2/c1-4-5(2-24-28(22,23)26-27(19,20)21)25-10(7(4)17)16-3-13-6-8(16)14-11(12)15-9(6)18/h3-5,7,10,17H,2H2,1H3,(H,22,23)(H2,19,20,21)(H3,12,14,15,18)/t4?,5-,7+,10-/m1/s1. The Balaban J connectivity index is 1.79. The number of nitrogen functional groups attached to an aromatic ring is 1. The van der Waals surface area contributed by atoms with Gasteiger partial charge in [-0.2, -0.15) is 9.29 Å². The van der Waals surface area contributed by atoms with Crippen LogP contribution in [0.3, 0.4) is 0 Å². The Morgan fingerprint density at radius 1 is 1.39 bits per heavy atom. The van der Waals surface area contributed by atoms with Crippen LogP contribution in [0, 0.1) is 5.92 Å². The first kappa shape index (κ1) is 21.0. The van der Waals surface area contributed by atoms with E-state index >= 15 is 0 Å². The van der Waals surface area contributed by atoms with Crippen molar-refractivity contribution in [2.45, 2.75) is 25.4 Å². The van der Waals surface area contributed by atoms with Gasteiger partial charge in [0.25, 0.3) is 5.56 Å². The zero-order chi connectivity index (χ0) is 20.9. The molecule has 0 aliphatic carbocycles. The van der Waals surface area contributed by atoms with E-state index in [0.717, 1.165) is 0 Å². The summed E-state index contributed by atoms with van der Waals surface area (Å²) in [6.07, 6.45) is -1.99. The number of imidazole rings is 1. The van der Waals surface area contributed by atoms with Gasteiger partial charge >= 0.3 is 15.6 Å². The SMILES string of the molecule is CC1[C@@H](COP(=O)(O)OP(=O)(O)O)O[C@@H](n2cnc3c(=O)[nH]c(N)nc32)[C@H]1O. The van der Waals surface area contributed by atoms with Crippen LogP contribution in [0.4, 0.5) is 5.95 Å². The lowest BCUT2D eigenvalue weighted by atomic mass is 10.0. The zero-order valence-electron chi connectivity index (χ0n) is 14.1. The molecule has 1 aliphatic rings. The Morgan fingerprint density at radius 3 is 2.71 bits per heavy atom. The summed E-state index contributed by atoms with van der Waals surface area (Å²) >= 11 is 0. The van der Waals surface area contributed by atoms with E-state index in [2.05, 4.69) is 23.8 Å². The molecule has 28 heavy (non-hydrogen) atoms. The first-order valence-corrected chi connectivity index (χ1v) is 10.7. The first-order chi connectivity index (χ1) is 12.9. The molecule has 0 radical (unpaired) electrons. The van der Waals surface area contributed by atoms with Crippen LogP contribution < -0.4 is 11.3 Å². The van der Waals surface area contributed by atoms with Gasteiger partial charge < -0.3 is 30.3 Å². The monoisotopic (exact) mass is 441 g/mol. The Morgan fingerprint density at radius 2 is 2.07 bits per heavy atom. The van der Waals surface area contributed by atoms with Crippen LogP contribution in [0.25, 0.3) is 11.2 Å². The number of aromatic nitrogens is 4. The van der Waals surface area contributed by atoms with Crippen molar-refractivity contribution < 1.29 is 42.5 Å². The summed E-state index contributed by atoms with van der Waals surface area (Å²) in [7, 11) is -10.3. The molecule has 2 unspecified atom stereocenters. The zero-order valence-corrected chi connectivity index (χ0v) is 15.9. The highest BCUT2D eigenvalue weighted by Gasteiger charge is 2.44. The molecule has 1 fully saturated rings. The minimum absolute atomic E-state index is 0.0349. The highest BCUT2D eigenvalue weighted by molar-refractivity contribution is 7.60. The van der Waals surface area contributed by atoms with Gasteiger partial charge in [0.1, 0.15) is 6.10 Å². The van der Waals surface area contributed by atoms with Crippen molar-refractivity contribution in [3.05, 3.63) is 16.7 Å². The molecule has 2 aromatic heterocycles. The number of hydrogen-bond donors (Lipinski definition) is 6. The van der Waals surface area contributed by atoms with E-state index < -0.39 is 52.2 Å². The molecule has 17 heteroatoms. The summed E-state index contributed by atoms with van der Waals surface area (Å²) in [5.74, 6) is -0.813. The van der Waals surface area contributed by atoms with Crippen molar-refractivity contribution in [1.82, 2.24) is 19.5 Å². The van der Waals surface area contributed by atoms with Crippen LogP contribution >= 0.6 is 15.6 Å². The number of aliphatic hydroxyl groups excluding tert-OH is 1. The van der Waals surface area contributed by atoms with Gasteiger partial charge in [0.2, 0.25) is 5.95 Å². The molecule has 0 bridgehead atoms. The van der Waals surface area contributed by atoms with Crippen LogP contribution in [0.15, 0.2) is 11.1 Å². The minimum Gasteiger partial charge on any atom is -0.388 e. The fourth-order valence-corrected chi connectivity index (χ4v) is 4.34. The lowest BCUT2D eigenvalue weighted by Gasteiger charge is -2.18. The second kappa shape index (κ2) is 7.30. The van der Waals surface area contributed by atoms with Crippen LogP contribution in [0.5, 0.6) is 0 Å². The molecule has 1 saturated heterocycles. The molecule has 156 valence electrons. The molecule has 2 aromatic rings. The van der Waals surface area contributed by atoms with Crippen LogP contribution in [0.1, 0.15) is 13.2 Å². The van der Waals surface area contributed by atoms with Gasteiger partial charge in [0, 0.05) is 5.92 Å².